The van der Waals surface area contributed by atoms with Crippen molar-refractivity contribution in [2.45, 2.75) is 26.4 Å². The third kappa shape index (κ3) is 4.65. The Kier molecular flexibility index (Phi) is 6.48. The molecule has 0 aliphatic rings. The van der Waals surface area contributed by atoms with Crippen molar-refractivity contribution < 1.29 is 18.0 Å². The van der Waals surface area contributed by atoms with Crippen molar-refractivity contribution in [3.8, 4) is 5.69 Å². The molecule has 0 atom stereocenters. The average molecular weight is 455 g/mol. The molecule has 30 heavy (non-hydrogen) atoms. The van der Waals surface area contributed by atoms with Crippen molar-refractivity contribution in [2.24, 2.45) is 0 Å². The Labute approximate surface area is 182 Å². The third-order valence-corrected chi connectivity index (χ3v) is 5.41. The number of para-hydroxylation sites is 1. The number of amides is 1. The van der Waals surface area contributed by atoms with Crippen LogP contribution in [0.15, 0.2) is 48.5 Å². The predicted molar refractivity (Wildman–Crippen MR) is 113 cm³/mol. The molecule has 0 saturated heterocycles. The lowest BCUT2D eigenvalue weighted by Gasteiger charge is -2.16. The van der Waals surface area contributed by atoms with Crippen LogP contribution in [-0.4, -0.2) is 17.0 Å². The first-order valence-corrected chi connectivity index (χ1v) is 9.93. The van der Waals surface area contributed by atoms with Gasteiger partial charge in [0.05, 0.1) is 16.8 Å². The number of aryl methyl sites for hydroxylation is 1. The molecule has 3 nitrogen and oxygen atoms in total. The summed E-state index contributed by atoms with van der Waals surface area (Å²) in [6, 6.07) is 12.0. The first-order valence-electron chi connectivity index (χ1n) is 9.17. The Bertz CT molecular complexity index is 1090. The number of carbonyl (C=O) groups excluding carboxylic acids is 1. The highest BCUT2D eigenvalue weighted by Crippen LogP contribution is 2.35. The van der Waals surface area contributed by atoms with Gasteiger partial charge in [-0.05, 0) is 56.2 Å². The summed E-state index contributed by atoms with van der Waals surface area (Å²) in [5, 5.41) is 3.84. The summed E-state index contributed by atoms with van der Waals surface area (Å²) in [5.41, 5.74) is 1.38. The molecule has 3 aromatic rings. The molecule has 0 fully saturated rings. The van der Waals surface area contributed by atoms with E-state index in [9.17, 15) is 18.0 Å². The van der Waals surface area contributed by atoms with E-state index in [0.29, 0.717) is 40.0 Å². The van der Waals surface area contributed by atoms with Gasteiger partial charge in [-0.2, -0.15) is 13.2 Å². The van der Waals surface area contributed by atoms with E-state index < -0.39 is 11.7 Å². The van der Waals surface area contributed by atoms with Crippen molar-refractivity contribution >= 4 is 29.1 Å². The minimum Gasteiger partial charge on any atom is -0.352 e. The molecule has 8 heteroatoms. The molecule has 0 radical (unpaired) electrons. The van der Waals surface area contributed by atoms with Crippen LogP contribution < -0.4 is 5.32 Å². The molecule has 0 spiro atoms. The predicted octanol–water partition coefficient (Wildman–Crippen LogP) is 6.39. The second-order valence-electron chi connectivity index (χ2n) is 6.88. The first kappa shape index (κ1) is 22.2. The number of carbonyl (C=O) groups is 1. The summed E-state index contributed by atoms with van der Waals surface area (Å²) < 4.78 is 41.8. The number of aromatic nitrogens is 1. The van der Waals surface area contributed by atoms with Gasteiger partial charge in [-0.25, -0.2) is 0 Å². The van der Waals surface area contributed by atoms with Crippen LogP contribution >= 0.6 is 23.2 Å². The van der Waals surface area contributed by atoms with Gasteiger partial charge >= 0.3 is 6.18 Å². The van der Waals surface area contributed by atoms with Gasteiger partial charge in [0, 0.05) is 28.0 Å². The fourth-order valence-electron chi connectivity index (χ4n) is 3.40. The van der Waals surface area contributed by atoms with Crippen molar-refractivity contribution in [3.63, 3.8) is 0 Å². The number of nitrogens with zero attached hydrogens (tertiary/aromatic N) is 1. The molecule has 158 valence electrons. The highest BCUT2D eigenvalue weighted by molar-refractivity contribution is 6.35. The van der Waals surface area contributed by atoms with Gasteiger partial charge in [-0.1, -0.05) is 41.4 Å². The van der Waals surface area contributed by atoms with E-state index in [1.54, 1.807) is 44.2 Å². The van der Waals surface area contributed by atoms with Crippen molar-refractivity contribution in [1.29, 1.82) is 0 Å². The summed E-state index contributed by atoms with van der Waals surface area (Å²) >= 11 is 12.0. The van der Waals surface area contributed by atoms with Crippen molar-refractivity contribution in [2.75, 3.05) is 6.54 Å². The monoisotopic (exact) mass is 454 g/mol. The summed E-state index contributed by atoms with van der Waals surface area (Å²) in [6.07, 6.45) is -4.00. The van der Waals surface area contributed by atoms with Gasteiger partial charge < -0.3 is 9.88 Å². The van der Waals surface area contributed by atoms with E-state index in [2.05, 4.69) is 5.32 Å². The molecule has 1 N–H and O–H groups in total. The normalized spacial score (nSPS) is 11.6. The minimum absolute atomic E-state index is 0.00741. The van der Waals surface area contributed by atoms with Crippen LogP contribution in [0.2, 0.25) is 10.0 Å². The number of hydrogen-bond donors (Lipinski definition) is 1. The van der Waals surface area contributed by atoms with Crippen LogP contribution in [-0.2, 0) is 12.6 Å². The maximum absolute atomic E-state index is 13.4. The molecular weight excluding hydrogens is 436 g/mol. The highest BCUT2D eigenvalue weighted by Gasteiger charge is 2.34. The molecular formula is C22H19Cl2F3N2O. The van der Waals surface area contributed by atoms with E-state index in [0.717, 1.165) is 11.6 Å². The molecule has 1 heterocycles. The molecule has 0 aliphatic heterocycles. The third-order valence-electron chi connectivity index (χ3n) is 4.82. The van der Waals surface area contributed by atoms with Crippen LogP contribution in [0.5, 0.6) is 0 Å². The smallest absolute Gasteiger partial charge is 0.352 e. The first-order chi connectivity index (χ1) is 14.1. The van der Waals surface area contributed by atoms with Gasteiger partial charge in [0.25, 0.3) is 5.91 Å². The van der Waals surface area contributed by atoms with Crippen LogP contribution in [0, 0.1) is 13.8 Å². The number of halogens is 5. The second kappa shape index (κ2) is 8.74. The number of hydrogen-bond acceptors (Lipinski definition) is 1. The topological polar surface area (TPSA) is 34.0 Å². The number of alkyl halides is 3. The van der Waals surface area contributed by atoms with E-state index >= 15 is 0 Å². The standard InChI is InChI=1S/C22H19Cl2F3N2O/c1-13-11-17(21(30)28-10-9-15-7-8-16(23)12-19(15)24)14(2)29(13)20-6-4-3-5-18(20)22(25,26)27/h3-8,11-12H,9-10H2,1-2H3,(H,28,30). The minimum atomic E-state index is -4.50. The lowest BCUT2D eigenvalue weighted by atomic mass is 10.1. The van der Waals surface area contributed by atoms with Crippen LogP contribution in [0.1, 0.15) is 32.9 Å². The fraction of sp³-hybridized carbons (Fsp3) is 0.227. The maximum atomic E-state index is 13.4. The zero-order chi connectivity index (χ0) is 22.1. The SMILES string of the molecule is Cc1cc(C(=O)NCCc2ccc(Cl)cc2Cl)c(C)n1-c1ccccc1C(F)(F)F. The Morgan fingerprint density at radius 3 is 2.43 bits per heavy atom. The van der Waals surface area contributed by atoms with Crippen molar-refractivity contribution in [3.05, 3.63) is 86.7 Å². The second-order valence-corrected chi connectivity index (χ2v) is 7.72. The summed E-state index contributed by atoms with van der Waals surface area (Å²) in [6.45, 7) is 3.62. The lowest BCUT2D eigenvalue weighted by Crippen LogP contribution is -2.26. The van der Waals surface area contributed by atoms with E-state index in [1.807, 2.05) is 0 Å². The van der Waals surface area contributed by atoms with E-state index in [1.165, 1.54) is 16.7 Å². The summed E-state index contributed by atoms with van der Waals surface area (Å²) in [5.74, 6) is -0.357. The summed E-state index contributed by atoms with van der Waals surface area (Å²) in [7, 11) is 0. The molecule has 2 aromatic carbocycles. The summed E-state index contributed by atoms with van der Waals surface area (Å²) in [4.78, 5) is 12.7. The molecule has 0 bridgehead atoms. The number of benzene rings is 2. The Hall–Kier alpha value is -2.44. The average Bonchev–Trinajstić information content (AvgIpc) is 2.97. The van der Waals surface area contributed by atoms with E-state index in [4.69, 9.17) is 23.2 Å². The molecule has 3 rings (SSSR count). The van der Waals surface area contributed by atoms with E-state index in [-0.39, 0.29) is 11.6 Å². The number of nitrogens with one attached hydrogen (secondary N) is 1. The fourth-order valence-corrected chi connectivity index (χ4v) is 3.91. The molecule has 0 unspecified atom stereocenters. The Morgan fingerprint density at radius 2 is 1.77 bits per heavy atom. The van der Waals surface area contributed by atoms with Crippen molar-refractivity contribution in [1.82, 2.24) is 9.88 Å². The van der Waals surface area contributed by atoms with Gasteiger partial charge in [0.2, 0.25) is 0 Å². The van der Waals surface area contributed by atoms with Crippen LogP contribution in [0.25, 0.3) is 5.69 Å². The van der Waals surface area contributed by atoms with Gasteiger partial charge in [-0.15, -0.1) is 0 Å². The molecule has 1 amide bonds. The lowest BCUT2D eigenvalue weighted by molar-refractivity contribution is -0.137. The van der Waals surface area contributed by atoms with Gasteiger partial charge in [0.15, 0.2) is 0 Å². The van der Waals surface area contributed by atoms with Gasteiger partial charge in [0.1, 0.15) is 0 Å². The van der Waals surface area contributed by atoms with Crippen LogP contribution in [0.3, 0.4) is 0 Å². The maximum Gasteiger partial charge on any atom is 0.418 e. The highest BCUT2D eigenvalue weighted by atomic mass is 35.5. The zero-order valence-corrected chi connectivity index (χ0v) is 17.8. The molecule has 0 aliphatic carbocycles. The van der Waals surface area contributed by atoms with Gasteiger partial charge in [-0.3, -0.25) is 4.79 Å². The Morgan fingerprint density at radius 1 is 1.07 bits per heavy atom. The largest absolute Gasteiger partial charge is 0.418 e. The van der Waals surface area contributed by atoms with Crippen LogP contribution in [0.4, 0.5) is 13.2 Å². The number of rotatable bonds is 5. The molecule has 1 aromatic heterocycles. The Balaban J connectivity index is 1.81. The molecule has 0 saturated carbocycles. The quantitative estimate of drug-likeness (QED) is 0.475. The zero-order valence-electron chi connectivity index (χ0n) is 16.3.